The van der Waals surface area contributed by atoms with Gasteiger partial charge in [-0.05, 0) is 41.0 Å². The molecule has 0 bridgehead atoms. The van der Waals surface area contributed by atoms with E-state index in [1.807, 2.05) is 6.07 Å². The molecule has 240 valence electrons. The molecule has 1 aliphatic heterocycles. The van der Waals surface area contributed by atoms with Gasteiger partial charge in [0.2, 0.25) is 11.2 Å². The number of halogens is 3. The van der Waals surface area contributed by atoms with Gasteiger partial charge in [0.15, 0.2) is 11.5 Å². The highest BCUT2D eigenvalue weighted by Gasteiger charge is 2.40. The first-order valence-corrected chi connectivity index (χ1v) is 14.5. The Hall–Kier alpha value is -5.78. The minimum atomic E-state index is -5.05. The van der Waals surface area contributed by atoms with Gasteiger partial charge in [0.1, 0.15) is 37.2 Å². The summed E-state index contributed by atoms with van der Waals surface area (Å²) in [7, 11) is 0. The van der Waals surface area contributed by atoms with E-state index in [1.54, 1.807) is 54.6 Å². The SMILES string of the molecule is O=C(N[C@@H](Cc1ccccc1)C(=O)Oc1ccc2c(=O)c(-c3ccc4c(c3)OCCO4)c(C(F)(F)F)oc2c1)OCc1ccccc1. The second-order valence-electron chi connectivity index (χ2n) is 10.5. The molecule has 9 nitrogen and oxygen atoms in total. The lowest BCUT2D eigenvalue weighted by atomic mass is 10.0. The molecule has 1 aromatic heterocycles. The Labute approximate surface area is 265 Å². The first kappa shape index (κ1) is 31.2. The van der Waals surface area contributed by atoms with Crippen molar-refractivity contribution in [2.75, 3.05) is 13.2 Å². The van der Waals surface area contributed by atoms with Crippen molar-refractivity contribution < 1.29 is 46.1 Å². The van der Waals surface area contributed by atoms with Crippen molar-refractivity contribution >= 4 is 23.0 Å². The maximum atomic E-state index is 14.3. The molecule has 4 aromatic carbocycles. The predicted molar refractivity (Wildman–Crippen MR) is 163 cm³/mol. The van der Waals surface area contributed by atoms with Crippen molar-refractivity contribution in [1.82, 2.24) is 5.32 Å². The van der Waals surface area contributed by atoms with Crippen LogP contribution in [-0.4, -0.2) is 31.3 Å². The number of alkyl halides is 3. The van der Waals surface area contributed by atoms with Gasteiger partial charge >= 0.3 is 18.2 Å². The van der Waals surface area contributed by atoms with Crippen LogP contribution in [0, 0.1) is 0 Å². The summed E-state index contributed by atoms with van der Waals surface area (Å²) >= 11 is 0. The molecule has 5 aromatic rings. The first-order chi connectivity index (χ1) is 22.7. The van der Waals surface area contributed by atoms with Gasteiger partial charge in [-0.2, -0.15) is 13.2 Å². The lowest BCUT2D eigenvalue weighted by Gasteiger charge is -2.20. The highest BCUT2D eigenvalue weighted by atomic mass is 19.4. The minimum absolute atomic E-state index is 0.0277. The normalized spacial score (nSPS) is 13.1. The van der Waals surface area contributed by atoms with Crippen LogP contribution >= 0.6 is 0 Å². The molecule has 0 aliphatic carbocycles. The van der Waals surface area contributed by atoms with E-state index in [-0.39, 0.29) is 48.7 Å². The number of alkyl carbamates (subject to hydrolysis) is 1. The van der Waals surface area contributed by atoms with Gasteiger partial charge in [-0.3, -0.25) is 4.79 Å². The second kappa shape index (κ2) is 13.3. The Morgan fingerprint density at radius 2 is 1.51 bits per heavy atom. The molecule has 47 heavy (non-hydrogen) atoms. The van der Waals surface area contributed by atoms with E-state index in [4.69, 9.17) is 23.4 Å². The van der Waals surface area contributed by atoms with E-state index in [2.05, 4.69) is 5.32 Å². The number of ether oxygens (including phenoxy) is 4. The summed E-state index contributed by atoms with van der Waals surface area (Å²) in [4.78, 5) is 39.5. The standard InChI is InChI=1S/C35H26F3NO8/c36-35(37,38)32-30(23-11-14-27-29(18-23)44-16-15-43-27)31(40)25-13-12-24(19-28(25)47-32)46-33(41)26(17-21-7-3-1-4-8-21)39-34(42)45-20-22-9-5-2-6-10-22/h1-14,18-19,26H,15-17,20H2,(H,39,42)/t26-/m0/s1. The smallest absolute Gasteiger partial charge is 0.450 e. The molecule has 12 heteroatoms. The number of benzene rings is 4. The molecule has 0 saturated carbocycles. The summed E-state index contributed by atoms with van der Waals surface area (Å²) in [6.45, 7) is 0.443. The second-order valence-corrected chi connectivity index (χ2v) is 10.5. The molecule has 6 rings (SSSR count). The number of rotatable bonds is 8. The van der Waals surface area contributed by atoms with Crippen LogP contribution in [0.25, 0.3) is 22.1 Å². The quantitative estimate of drug-likeness (QED) is 0.147. The number of esters is 1. The van der Waals surface area contributed by atoms with E-state index < -0.39 is 46.6 Å². The summed E-state index contributed by atoms with van der Waals surface area (Å²) in [6, 6.07) is 24.0. The molecule has 0 saturated heterocycles. The number of hydrogen-bond donors (Lipinski definition) is 1. The topological polar surface area (TPSA) is 113 Å². The fourth-order valence-corrected chi connectivity index (χ4v) is 5.04. The summed E-state index contributed by atoms with van der Waals surface area (Å²) < 4.78 is 69.8. The van der Waals surface area contributed by atoms with Crippen molar-refractivity contribution in [1.29, 1.82) is 0 Å². The van der Waals surface area contributed by atoms with Crippen molar-refractivity contribution in [3.8, 4) is 28.4 Å². The van der Waals surface area contributed by atoms with Gasteiger partial charge in [0.05, 0.1) is 10.9 Å². The van der Waals surface area contributed by atoms with E-state index in [1.165, 1.54) is 30.3 Å². The van der Waals surface area contributed by atoms with Gasteiger partial charge < -0.3 is 28.7 Å². The molecule has 1 atom stereocenters. The Morgan fingerprint density at radius 1 is 0.830 bits per heavy atom. The summed E-state index contributed by atoms with van der Waals surface area (Å²) in [6.07, 6.45) is -5.90. The Kier molecular flexibility index (Phi) is 8.83. The summed E-state index contributed by atoms with van der Waals surface area (Å²) in [5, 5.41) is 2.33. The van der Waals surface area contributed by atoms with E-state index in [0.717, 1.165) is 11.6 Å². The molecule has 0 spiro atoms. The lowest BCUT2D eigenvalue weighted by Crippen LogP contribution is -2.44. The maximum Gasteiger partial charge on any atom is 0.450 e. The zero-order valence-electron chi connectivity index (χ0n) is 24.5. The third-order valence-corrected chi connectivity index (χ3v) is 7.24. The van der Waals surface area contributed by atoms with Crippen LogP contribution in [0.2, 0.25) is 0 Å². The fourth-order valence-electron chi connectivity index (χ4n) is 5.04. The number of nitrogens with one attached hydrogen (secondary N) is 1. The highest BCUT2D eigenvalue weighted by molar-refractivity contribution is 5.87. The number of fused-ring (bicyclic) bond motifs is 2. The average Bonchev–Trinajstić information content (AvgIpc) is 3.07. The molecular weight excluding hydrogens is 619 g/mol. The molecule has 1 aliphatic rings. The minimum Gasteiger partial charge on any atom is -0.486 e. The zero-order valence-corrected chi connectivity index (χ0v) is 24.5. The van der Waals surface area contributed by atoms with E-state index >= 15 is 0 Å². The Bertz CT molecular complexity index is 1980. The third-order valence-electron chi connectivity index (χ3n) is 7.24. The monoisotopic (exact) mass is 645 g/mol. The molecule has 1 amide bonds. The maximum absolute atomic E-state index is 14.3. The molecule has 1 N–H and O–H groups in total. The fraction of sp³-hybridized carbons (Fsp3) is 0.171. The Balaban J connectivity index is 1.28. The van der Waals surface area contributed by atoms with Crippen molar-refractivity contribution in [3.05, 3.63) is 124 Å². The third kappa shape index (κ3) is 7.22. The van der Waals surface area contributed by atoms with E-state index in [0.29, 0.717) is 11.3 Å². The van der Waals surface area contributed by atoms with Crippen molar-refractivity contribution in [2.45, 2.75) is 25.2 Å². The lowest BCUT2D eigenvalue weighted by molar-refractivity contribution is -0.152. The van der Waals surface area contributed by atoms with Crippen LogP contribution < -0.4 is 25.0 Å². The van der Waals surface area contributed by atoms with Gasteiger partial charge in [-0.25, -0.2) is 9.59 Å². The molecule has 0 unspecified atom stereocenters. The van der Waals surface area contributed by atoms with Crippen LogP contribution in [0.5, 0.6) is 17.2 Å². The first-order valence-electron chi connectivity index (χ1n) is 14.5. The van der Waals surface area contributed by atoms with E-state index in [9.17, 15) is 27.6 Å². The van der Waals surface area contributed by atoms with Crippen LogP contribution in [0.15, 0.2) is 106 Å². The number of amides is 1. The molecule has 0 fully saturated rings. The van der Waals surface area contributed by atoms with Crippen LogP contribution in [0.3, 0.4) is 0 Å². The van der Waals surface area contributed by atoms with Gasteiger partial charge in [0.25, 0.3) is 0 Å². The number of carbonyl (C=O) groups excluding carboxylic acids is 2. The predicted octanol–water partition coefficient (Wildman–Crippen LogP) is 6.69. The highest BCUT2D eigenvalue weighted by Crippen LogP contribution is 2.40. The van der Waals surface area contributed by atoms with Crippen LogP contribution in [0.4, 0.5) is 18.0 Å². The van der Waals surface area contributed by atoms with Crippen LogP contribution in [-0.2, 0) is 28.7 Å². The summed E-state index contributed by atoms with van der Waals surface area (Å²) in [5.74, 6) is -2.11. The number of hydrogen-bond acceptors (Lipinski definition) is 8. The molecule has 2 heterocycles. The largest absolute Gasteiger partial charge is 0.486 e. The number of carbonyl (C=O) groups is 2. The Morgan fingerprint density at radius 3 is 2.21 bits per heavy atom. The zero-order chi connectivity index (χ0) is 33.0. The van der Waals surface area contributed by atoms with Gasteiger partial charge in [-0.15, -0.1) is 0 Å². The summed E-state index contributed by atoms with van der Waals surface area (Å²) in [5.41, 5.74) is -0.738. The average molecular weight is 646 g/mol. The molecular formula is C35H26F3NO8. The van der Waals surface area contributed by atoms with Crippen molar-refractivity contribution in [3.63, 3.8) is 0 Å². The molecule has 0 radical (unpaired) electrons. The van der Waals surface area contributed by atoms with Gasteiger partial charge in [-0.1, -0.05) is 66.7 Å². The van der Waals surface area contributed by atoms with Crippen LogP contribution in [0.1, 0.15) is 16.9 Å². The van der Waals surface area contributed by atoms with Crippen molar-refractivity contribution in [2.24, 2.45) is 0 Å². The van der Waals surface area contributed by atoms with Gasteiger partial charge in [0, 0.05) is 12.5 Å².